The van der Waals surface area contributed by atoms with E-state index in [-0.39, 0.29) is 10.8 Å². The largest absolute Gasteiger partial charge is 0.480 e. The van der Waals surface area contributed by atoms with E-state index in [9.17, 15) is 22.0 Å². The van der Waals surface area contributed by atoms with Crippen molar-refractivity contribution in [3.8, 4) is 0 Å². The molecule has 0 bridgehead atoms. The number of carbonyl (C=O) groups is 1. The third-order valence-corrected chi connectivity index (χ3v) is 5.67. The van der Waals surface area contributed by atoms with E-state index >= 15 is 0 Å². The zero-order valence-electron chi connectivity index (χ0n) is 10.8. The van der Waals surface area contributed by atoms with E-state index in [1.54, 1.807) is 13.8 Å². The van der Waals surface area contributed by atoms with Crippen molar-refractivity contribution in [3.63, 3.8) is 0 Å². The second kappa shape index (κ2) is 6.53. The standard InChI is InChI=1S/C12H14F2O4S2/c1-7(2)10(11(15)16)19-8-5-3-4-6-9(8)20(17,18)12(13)14/h3-7,10,12H,1-2H3,(H,15,16). The summed E-state index contributed by atoms with van der Waals surface area (Å²) in [7, 11) is -4.75. The Morgan fingerprint density at radius 3 is 2.25 bits per heavy atom. The molecular weight excluding hydrogens is 310 g/mol. The molecule has 1 aromatic rings. The van der Waals surface area contributed by atoms with E-state index in [1.807, 2.05) is 0 Å². The Morgan fingerprint density at radius 1 is 1.25 bits per heavy atom. The number of aliphatic carboxylic acids is 1. The van der Waals surface area contributed by atoms with E-state index in [0.717, 1.165) is 17.8 Å². The summed E-state index contributed by atoms with van der Waals surface area (Å²) in [4.78, 5) is 10.6. The van der Waals surface area contributed by atoms with Crippen LogP contribution in [0.25, 0.3) is 0 Å². The number of rotatable bonds is 6. The first-order valence-corrected chi connectivity index (χ1v) is 8.11. The van der Waals surface area contributed by atoms with Crippen molar-refractivity contribution in [1.82, 2.24) is 0 Å². The van der Waals surface area contributed by atoms with Gasteiger partial charge in [-0.25, -0.2) is 8.42 Å². The average Bonchev–Trinajstić information content (AvgIpc) is 2.35. The monoisotopic (exact) mass is 324 g/mol. The molecule has 0 spiro atoms. The topological polar surface area (TPSA) is 71.4 Å². The fraction of sp³-hybridized carbons (Fsp3) is 0.417. The number of alkyl halides is 2. The molecule has 1 unspecified atom stereocenters. The van der Waals surface area contributed by atoms with Crippen molar-refractivity contribution >= 4 is 27.6 Å². The van der Waals surface area contributed by atoms with Gasteiger partial charge in [0.25, 0.3) is 0 Å². The molecule has 4 nitrogen and oxygen atoms in total. The summed E-state index contributed by atoms with van der Waals surface area (Å²) in [6, 6.07) is 5.19. The Kier molecular flexibility index (Phi) is 5.52. The lowest BCUT2D eigenvalue weighted by Crippen LogP contribution is -2.23. The van der Waals surface area contributed by atoms with Gasteiger partial charge in [-0.05, 0) is 18.1 Å². The van der Waals surface area contributed by atoms with Crippen LogP contribution in [0.2, 0.25) is 0 Å². The molecule has 20 heavy (non-hydrogen) atoms. The number of hydrogen-bond acceptors (Lipinski definition) is 4. The maximum atomic E-state index is 12.6. The molecule has 1 atom stereocenters. The highest BCUT2D eigenvalue weighted by atomic mass is 32.2. The second-order valence-corrected chi connectivity index (χ2v) is 7.44. The lowest BCUT2D eigenvalue weighted by atomic mass is 10.1. The van der Waals surface area contributed by atoms with Crippen LogP contribution in [-0.4, -0.2) is 30.5 Å². The van der Waals surface area contributed by atoms with E-state index in [2.05, 4.69) is 0 Å². The Balaban J connectivity index is 3.24. The predicted octanol–water partition coefficient (Wildman–Crippen LogP) is 2.88. The van der Waals surface area contributed by atoms with Crippen LogP contribution in [-0.2, 0) is 14.6 Å². The number of sulfone groups is 1. The number of thioether (sulfide) groups is 1. The smallest absolute Gasteiger partial charge is 0.341 e. The van der Waals surface area contributed by atoms with Gasteiger partial charge in [-0.15, -0.1) is 11.8 Å². The number of hydrogen-bond donors (Lipinski definition) is 1. The van der Waals surface area contributed by atoms with Crippen LogP contribution >= 0.6 is 11.8 Å². The molecule has 0 aliphatic carbocycles. The van der Waals surface area contributed by atoms with Gasteiger partial charge in [0.05, 0.1) is 4.90 Å². The maximum Gasteiger partial charge on any atom is 0.341 e. The lowest BCUT2D eigenvalue weighted by Gasteiger charge is -2.17. The maximum absolute atomic E-state index is 12.6. The van der Waals surface area contributed by atoms with Gasteiger partial charge >= 0.3 is 11.7 Å². The molecule has 0 radical (unpaired) electrons. The quantitative estimate of drug-likeness (QED) is 0.815. The van der Waals surface area contributed by atoms with E-state index in [1.165, 1.54) is 18.2 Å². The van der Waals surface area contributed by atoms with Crippen molar-refractivity contribution in [2.45, 2.75) is 34.6 Å². The van der Waals surface area contributed by atoms with Crippen LogP contribution in [0.4, 0.5) is 8.78 Å². The van der Waals surface area contributed by atoms with Crippen LogP contribution in [0.3, 0.4) is 0 Å². The van der Waals surface area contributed by atoms with Crippen molar-refractivity contribution in [1.29, 1.82) is 0 Å². The summed E-state index contributed by atoms with van der Waals surface area (Å²) < 4.78 is 48.4. The molecule has 0 aliphatic heterocycles. The highest BCUT2D eigenvalue weighted by molar-refractivity contribution is 8.01. The molecule has 0 aromatic heterocycles. The summed E-state index contributed by atoms with van der Waals surface area (Å²) in [5.74, 6) is -4.93. The first kappa shape index (κ1) is 16.9. The van der Waals surface area contributed by atoms with Gasteiger partial charge in [-0.1, -0.05) is 26.0 Å². The summed E-state index contributed by atoms with van der Waals surface area (Å²) in [5, 5.41) is 8.18. The van der Waals surface area contributed by atoms with E-state index < -0.39 is 31.7 Å². The average molecular weight is 324 g/mol. The van der Waals surface area contributed by atoms with Gasteiger partial charge in [-0.3, -0.25) is 4.79 Å². The highest BCUT2D eigenvalue weighted by Crippen LogP contribution is 2.34. The van der Waals surface area contributed by atoms with Gasteiger partial charge in [0, 0.05) is 4.90 Å². The molecule has 0 heterocycles. The third-order valence-electron chi connectivity index (χ3n) is 2.49. The Hall–Kier alpha value is -1.15. The first-order chi connectivity index (χ1) is 9.17. The zero-order chi connectivity index (χ0) is 15.5. The predicted molar refractivity (Wildman–Crippen MR) is 71.8 cm³/mol. The molecule has 0 aliphatic rings. The van der Waals surface area contributed by atoms with Crippen LogP contribution in [0.15, 0.2) is 34.1 Å². The highest BCUT2D eigenvalue weighted by Gasteiger charge is 2.31. The van der Waals surface area contributed by atoms with Gasteiger partial charge < -0.3 is 5.11 Å². The van der Waals surface area contributed by atoms with E-state index in [0.29, 0.717) is 0 Å². The SMILES string of the molecule is CC(C)C(Sc1ccccc1S(=O)(=O)C(F)F)C(=O)O. The molecule has 1 aromatic carbocycles. The summed E-state index contributed by atoms with van der Waals surface area (Å²) in [6.07, 6.45) is 0. The molecule has 0 fully saturated rings. The molecular formula is C12H14F2O4S2. The van der Waals surface area contributed by atoms with Crippen molar-refractivity contribution in [2.75, 3.05) is 0 Å². The molecule has 112 valence electrons. The van der Waals surface area contributed by atoms with Gasteiger partial charge in [0.1, 0.15) is 5.25 Å². The molecule has 0 saturated carbocycles. The lowest BCUT2D eigenvalue weighted by molar-refractivity contribution is -0.137. The summed E-state index contributed by atoms with van der Waals surface area (Å²) in [5.41, 5.74) is 0. The van der Waals surface area contributed by atoms with Gasteiger partial charge in [0.15, 0.2) is 0 Å². The van der Waals surface area contributed by atoms with Gasteiger partial charge in [0.2, 0.25) is 9.84 Å². The van der Waals surface area contributed by atoms with Crippen LogP contribution in [0.5, 0.6) is 0 Å². The second-order valence-electron chi connectivity index (χ2n) is 4.37. The van der Waals surface area contributed by atoms with Gasteiger partial charge in [-0.2, -0.15) is 8.78 Å². The van der Waals surface area contributed by atoms with Crippen molar-refractivity contribution in [3.05, 3.63) is 24.3 Å². The third kappa shape index (κ3) is 3.69. The number of benzene rings is 1. The summed E-state index contributed by atoms with van der Waals surface area (Å²) in [6.45, 7) is 3.33. The van der Waals surface area contributed by atoms with E-state index in [4.69, 9.17) is 5.11 Å². The Labute approximate surface area is 120 Å². The minimum atomic E-state index is -4.75. The van der Waals surface area contributed by atoms with Crippen LogP contribution in [0, 0.1) is 5.92 Å². The van der Waals surface area contributed by atoms with Crippen molar-refractivity contribution in [2.24, 2.45) is 5.92 Å². The molecule has 0 amide bonds. The normalized spacial score (nSPS) is 13.7. The molecule has 1 rings (SSSR count). The van der Waals surface area contributed by atoms with Crippen LogP contribution < -0.4 is 0 Å². The minimum absolute atomic E-state index is 0.0221. The number of carboxylic acids is 1. The fourth-order valence-corrected chi connectivity index (χ4v) is 3.78. The molecule has 8 heteroatoms. The first-order valence-electron chi connectivity index (χ1n) is 5.68. The van der Waals surface area contributed by atoms with Crippen molar-refractivity contribution < 1.29 is 27.1 Å². The Morgan fingerprint density at radius 2 is 1.80 bits per heavy atom. The number of halogens is 2. The zero-order valence-corrected chi connectivity index (χ0v) is 12.4. The Bertz CT molecular complexity index is 585. The molecule has 1 N–H and O–H groups in total. The number of carboxylic acid groups (broad SMARTS) is 1. The minimum Gasteiger partial charge on any atom is -0.480 e. The van der Waals surface area contributed by atoms with Crippen LogP contribution in [0.1, 0.15) is 13.8 Å². The molecule has 0 saturated heterocycles. The summed E-state index contributed by atoms with van der Waals surface area (Å²) >= 11 is 0.764. The fourth-order valence-electron chi connectivity index (χ4n) is 1.49.